The van der Waals surface area contributed by atoms with Crippen LogP contribution in [0.5, 0.6) is 5.75 Å². The Bertz CT molecular complexity index is 2550. The van der Waals surface area contributed by atoms with Gasteiger partial charge in [0.2, 0.25) is 36.2 Å². The summed E-state index contributed by atoms with van der Waals surface area (Å²) >= 11 is 0. The molecular formula is C63H107N5O30. The van der Waals surface area contributed by atoms with Crippen molar-refractivity contribution < 1.29 is 147 Å². The van der Waals surface area contributed by atoms with Crippen molar-refractivity contribution in [1.29, 1.82) is 0 Å². The van der Waals surface area contributed by atoms with E-state index in [0.717, 1.165) is 53.4 Å². The van der Waals surface area contributed by atoms with Gasteiger partial charge in [-0.05, 0) is 44.9 Å². The fraction of sp³-hybridized carbons (Fsp3) is 0.825. The van der Waals surface area contributed by atoms with Crippen molar-refractivity contribution in [3.8, 4) is 5.75 Å². The minimum atomic E-state index is -2.18. The van der Waals surface area contributed by atoms with E-state index in [-0.39, 0.29) is 18.6 Å². The van der Waals surface area contributed by atoms with Gasteiger partial charge in [0.15, 0.2) is 31.3 Å². The van der Waals surface area contributed by atoms with Gasteiger partial charge in [-0.2, -0.15) is 0 Å². The topological polar surface area (TPSA) is 519 Å². The lowest BCUT2D eigenvalue weighted by Crippen LogP contribution is -2.67. The predicted octanol–water partition coefficient (Wildman–Crippen LogP) is -4.89. The highest BCUT2D eigenvalue weighted by Gasteiger charge is 2.53. The van der Waals surface area contributed by atoms with Crippen molar-refractivity contribution in [1.82, 2.24) is 26.6 Å². The molecule has 0 radical (unpaired) electrons. The molecule has 4 saturated heterocycles. The second-order valence-corrected chi connectivity index (χ2v) is 25.1. The molecule has 564 valence electrons. The van der Waals surface area contributed by atoms with Crippen LogP contribution in [-0.4, -0.2) is 308 Å². The molecule has 0 aliphatic carbocycles. The summed E-state index contributed by atoms with van der Waals surface area (Å²) in [5.41, 5.74) is -1.93. The SMILES string of the molecule is CCCCCCCCCCCOc1cccc(C(=O)NC2C(OCC(CC)(CO)OC(OC3C(CO)O[C@@H](O[C@@H](C)C(CO)O[C@@H](OC4C(CO[C@@H]5OC(C)C(O)C(O)C5O)OC[C@@H](NC(C)=O)[C@H]4O)C(O)NC(C)=O)[C@@H](NC(C)=O)[C@H]3O)C(O)NC(C)=O)OC(CO)[C@@H](O)C2O)c1. The first-order chi connectivity index (χ1) is 46.6. The van der Waals surface area contributed by atoms with Gasteiger partial charge in [0, 0.05) is 33.3 Å². The number of benzene rings is 1. The molecule has 17 unspecified atom stereocenters. The van der Waals surface area contributed by atoms with Crippen LogP contribution >= 0.6 is 0 Å². The molecule has 4 heterocycles. The van der Waals surface area contributed by atoms with E-state index in [2.05, 4.69) is 33.5 Å². The van der Waals surface area contributed by atoms with Crippen molar-refractivity contribution in [2.75, 3.05) is 52.9 Å². The van der Waals surface area contributed by atoms with Crippen molar-refractivity contribution in [2.24, 2.45) is 0 Å². The van der Waals surface area contributed by atoms with Gasteiger partial charge in [-0.3, -0.25) is 24.0 Å². The van der Waals surface area contributed by atoms with E-state index < -0.39 is 228 Å². The van der Waals surface area contributed by atoms with Gasteiger partial charge in [0.05, 0.1) is 71.1 Å². The number of aliphatic hydroxyl groups is 13. The maximum absolute atomic E-state index is 13.9. The standard InChI is InChI=1S/C63H107N5O30/c1-9-11-12-13-14-15-16-17-18-22-87-38-21-19-20-37(23-38)55(84)68-44-49(80)48(79)41(25-70)94-58(44)90-30-63(10-2,29-72)98-62(57(86)67-36(8)76)97-53-42(26-71)95-59(45(50(53)81)65-34(6)74)91-31(3)40(24-69)93-61(56(85)66-35(7)75)96-54-43(88-27-39(47(54)78)64-33(5)73)28-89-60-52(83)51(82)46(77)32(4)92-60/h19-21,23,31-32,39-54,56-62,69-72,77-83,85-86H,9-18,22,24-30H2,1-8H3,(H,64,73)(H,65,74)(H,66,75)(H,67,76)(H,68,84)/t31-,32?,39+,40?,41?,42?,43?,44?,45-,46?,47+,48+,49?,50+,51?,52?,53?,54?,56?,57?,58?,59+,60+,61-,62?,63?/m0/s1. The van der Waals surface area contributed by atoms with Gasteiger partial charge in [-0.15, -0.1) is 0 Å². The third-order valence-electron chi connectivity index (χ3n) is 17.2. The molecule has 5 amide bonds. The third kappa shape index (κ3) is 24.6. The zero-order valence-electron chi connectivity index (χ0n) is 56.7. The minimum absolute atomic E-state index is 0.0950. The fourth-order valence-corrected chi connectivity index (χ4v) is 11.5. The van der Waals surface area contributed by atoms with Crippen LogP contribution in [0.1, 0.15) is 130 Å². The molecule has 35 nitrogen and oxygen atoms in total. The summed E-state index contributed by atoms with van der Waals surface area (Å²) in [6, 6.07) is 1.78. The number of amides is 5. The molecule has 98 heavy (non-hydrogen) atoms. The van der Waals surface area contributed by atoms with Gasteiger partial charge < -0.3 is 150 Å². The van der Waals surface area contributed by atoms with Crippen LogP contribution in [0.3, 0.4) is 0 Å². The summed E-state index contributed by atoms with van der Waals surface area (Å²) in [4.78, 5) is 63.9. The number of carbonyl (C=O) groups is 5. The van der Waals surface area contributed by atoms with Crippen molar-refractivity contribution in [3.05, 3.63) is 29.8 Å². The molecular weight excluding hydrogens is 1310 g/mol. The van der Waals surface area contributed by atoms with Gasteiger partial charge in [-0.1, -0.05) is 71.3 Å². The molecule has 4 aliphatic rings. The van der Waals surface area contributed by atoms with E-state index in [4.69, 9.17) is 56.8 Å². The number of hydrogen-bond acceptors (Lipinski definition) is 30. The Kier molecular flexibility index (Phi) is 35.6. The van der Waals surface area contributed by atoms with E-state index in [1.54, 1.807) is 12.1 Å². The first-order valence-corrected chi connectivity index (χ1v) is 33.4. The van der Waals surface area contributed by atoms with E-state index in [1.165, 1.54) is 65.0 Å². The lowest BCUT2D eigenvalue weighted by atomic mass is 9.96. The van der Waals surface area contributed by atoms with Crippen LogP contribution in [0.15, 0.2) is 24.3 Å². The number of rotatable bonds is 41. The molecule has 18 N–H and O–H groups in total. The van der Waals surface area contributed by atoms with E-state index in [1.807, 2.05) is 0 Å². The number of unbranched alkanes of at least 4 members (excludes halogenated alkanes) is 8. The molecule has 0 spiro atoms. The van der Waals surface area contributed by atoms with Crippen LogP contribution in [0.4, 0.5) is 0 Å². The minimum Gasteiger partial charge on any atom is -0.494 e. The van der Waals surface area contributed by atoms with Crippen molar-refractivity contribution in [3.63, 3.8) is 0 Å². The van der Waals surface area contributed by atoms with Gasteiger partial charge in [0.1, 0.15) is 103 Å². The number of nitrogens with one attached hydrogen (secondary N) is 5. The number of aliphatic hydroxyl groups excluding tert-OH is 13. The summed E-state index contributed by atoms with van der Waals surface area (Å²) in [7, 11) is 0. The fourth-order valence-electron chi connectivity index (χ4n) is 11.5. The number of ether oxygens (including phenoxy) is 12. The zero-order valence-corrected chi connectivity index (χ0v) is 56.7. The van der Waals surface area contributed by atoms with E-state index in [0.29, 0.717) is 12.4 Å². The first-order valence-electron chi connectivity index (χ1n) is 33.4. The average molecular weight is 1410 g/mol. The van der Waals surface area contributed by atoms with Crippen LogP contribution in [-0.2, 0) is 71.3 Å². The lowest BCUT2D eigenvalue weighted by molar-refractivity contribution is -0.349. The number of hydrogen-bond donors (Lipinski definition) is 18. The largest absolute Gasteiger partial charge is 0.494 e. The van der Waals surface area contributed by atoms with E-state index in [9.17, 15) is 90.4 Å². The second kappa shape index (κ2) is 41.5. The Balaban J connectivity index is 1.34. The summed E-state index contributed by atoms with van der Waals surface area (Å²) in [6.07, 6.45) is -28.5. The maximum Gasteiger partial charge on any atom is 0.251 e. The van der Waals surface area contributed by atoms with Gasteiger partial charge in [0.25, 0.3) is 5.91 Å². The molecule has 4 aliphatic heterocycles. The Morgan fingerprint density at radius 1 is 0.612 bits per heavy atom. The van der Waals surface area contributed by atoms with Crippen LogP contribution in [0, 0.1) is 0 Å². The Labute approximate surface area is 568 Å². The molecule has 0 bridgehead atoms. The maximum atomic E-state index is 13.9. The van der Waals surface area contributed by atoms with E-state index >= 15 is 0 Å². The van der Waals surface area contributed by atoms with Crippen LogP contribution in [0.25, 0.3) is 0 Å². The molecule has 26 atom stereocenters. The highest BCUT2D eigenvalue weighted by Crippen LogP contribution is 2.33. The number of carbonyl (C=O) groups excluding carboxylic acids is 5. The molecule has 0 aromatic heterocycles. The monoisotopic (exact) mass is 1410 g/mol. The van der Waals surface area contributed by atoms with Crippen molar-refractivity contribution >= 4 is 29.5 Å². The molecule has 35 heteroatoms. The molecule has 1 aromatic carbocycles. The Hall–Kier alpha value is -4.59. The molecule has 5 rings (SSSR count). The first kappa shape index (κ1) is 84.1. The van der Waals surface area contributed by atoms with Crippen LogP contribution in [0.2, 0.25) is 0 Å². The lowest BCUT2D eigenvalue weighted by Gasteiger charge is -2.47. The summed E-state index contributed by atoms with van der Waals surface area (Å²) in [5.74, 6) is -3.46. The van der Waals surface area contributed by atoms with Gasteiger partial charge >= 0.3 is 0 Å². The van der Waals surface area contributed by atoms with Gasteiger partial charge in [-0.25, -0.2) is 0 Å². The summed E-state index contributed by atoms with van der Waals surface area (Å²) in [5, 5.41) is 155. The molecule has 1 aromatic rings. The molecule has 4 fully saturated rings. The normalized spacial score (nSPS) is 32.2. The highest BCUT2D eigenvalue weighted by atomic mass is 16.8. The van der Waals surface area contributed by atoms with Crippen molar-refractivity contribution in [2.45, 2.75) is 279 Å². The second-order valence-electron chi connectivity index (χ2n) is 25.1. The predicted molar refractivity (Wildman–Crippen MR) is 336 cm³/mol. The zero-order chi connectivity index (χ0) is 72.6. The molecule has 0 saturated carbocycles. The average Bonchev–Trinajstić information content (AvgIpc) is 0.796. The smallest absolute Gasteiger partial charge is 0.251 e. The Morgan fingerprint density at radius 2 is 1.20 bits per heavy atom. The third-order valence-corrected chi connectivity index (χ3v) is 17.2. The van der Waals surface area contributed by atoms with Crippen LogP contribution < -0.4 is 31.3 Å². The Morgan fingerprint density at radius 3 is 1.80 bits per heavy atom. The highest BCUT2D eigenvalue weighted by molar-refractivity contribution is 5.94. The summed E-state index contributed by atoms with van der Waals surface area (Å²) < 4.78 is 72.0. The quantitative estimate of drug-likeness (QED) is 0.0216. The summed E-state index contributed by atoms with van der Waals surface area (Å²) in [6.45, 7) is 5.47.